The van der Waals surface area contributed by atoms with Crippen LogP contribution in [-0.4, -0.2) is 24.8 Å². The smallest absolute Gasteiger partial charge is 0.0502 e. The van der Waals surface area contributed by atoms with Crippen LogP contribution in [0.2, 0.25) is 5.02 Å². The van der Waals surface area contributed by atoms with Gasteiger partial charge in [0, 0.05) is 10.9 Å². The number of nitrogens with one attached hydrogen (secondary N) is 1. The first-order chi connectivity index (χ1) is 7.81. The van der Waals surface area contributed by atoms with E-state index in [0.717, 1.165) is 23.7 Å². The minimum atomic E-state index is 0.201. The molecule has 0 radical (unpaired) electrons. The summed E-state index contributed by atoms with van der Waals surface area (Å²) in [4.78, 5) is 0. The van der Waals surface area contributed by atoms with Crippen LogP contribution in [0.1, 0.15) is 24.3 Å². The summed E-state index contributed by atoms with van der Waals surface area (Å²) in [6.07, 6.45) is 2.38. The first kappa shape index (κ1) is 11.9. The van der Waals surface area contributed by atoms with E-state index in [4.69, 9.17) is 11.6 Å². The molecule has 2 atom stereocenters. The van der Waals surface area contributed by atoms with Crippen molar-refractivity contribution in [3.8, 4) is 0 Å². The molecule has 88 valence electrons. The summed E-state index contributed by atoms with van der Waals surface area (Å²) in [7, 11) is 0. The molecule has 0 aromatic heterocycles. The predicted molar refractivity (Wildman–Crippen MR) is 66.9 cm³/mol. The number of aliphatic hydroxyl groups excluding tert-OH is 1. The largest absolute Gasteiger partial charge is 0.396 e. The topological polar surface area (TPSA) is 32.3 Å². The molecule has 1 fully saturated rings. The molecule has 0 spiro atoms. The molecule has 1 saturated heterocycles. The SMILES string of the molecule is OC[C@@H](c1cccc(Cl)c1)[C@H]1CCCNC1. The van der Waals surface area contributed by atoms with Crippen molar-refractivity contribution in [1.82, 2.24) is 5.32 Å². The van der Waals surface area contributed by atoms with Crippen molar-refractivity contribution in [2.75, 3.05) is 19.7 Å². The zero-order chi connectivity index (χ0) is 11.4. The summed E-state index contributed by atoms with van der Waals surface area (Å²) in [5.74, 6) is 0.740. The number of hydrogen-bond acceptors (Lipinski definition) is 2. The summed E-state index contributed by atoms with van der Waals surface area (Å²) in [6.45, 7) is 2.30. The molecule has 0 aliphatic carbocycles. The first-order valence-corrected chi connectivity index (χ1v) is 6.26. The number of halogens is 1. The van der Waals surface area contributed by atoms with Gasteiger partial charge >= 0.3 is 0 Å². The minimum Gasteiger partial charge on any atom is -0.396 e. The lowest BCUT2D eigenvalue weighted by Crippen LogP contribution is -2.34. The number of aliphatic hydroxyl groups is 1. The molecule has 1 aromatic carbocycles. The van der Waals surface area contributed by atoms with Crippen LogP contribution in [0.5, 0.6) is 0 Å². The van der Waals surface area contributed by atoms with E-state index in [2.05, 4.69) is 11.4 Å². The summed E-state index contributed by atoms with van der Waals surface area (Å²) in [5, 5.41) is 13.7. The maximum Gasteiger partial charge on any atom is 0.0502 e. The third-order valence-electron chi connectivity index (χ3n) is 3.38. The zero-order valence-corrected chi connectivity index (χ0v) is 10.1. The lowest BCUT2D eigenvalue weighted by molar-refractivity contribution is 0.204. The Morgan fingerprint density at radius 3 is 3.00 bits per heavy atom. The van der Waals surface area contributed by atoms with Crippen molar-refractivity contribution in [3.05, 3.63) is 34.9 Å². The van der Waals surface area contributed by atoms with Crippen LogP contribution in [0.25, 0.3) is 0 Å². The van der Waals surface area contributed by atoms with Gasteiger partial charge < -0.3 is 10.4 Å². The van der Waals surface area contributed by atoms with Crippen LogP contribution in [0.3, 0.4) is 0 Å². The molecule has 1 aliphatic rings. The highest BCUT2D eigenvalue weighted by molar-refractivity contribution is 6.30. The molecule has 1 aromatic rings. The van der Waals surface area contributed by atoms with E-state index in [0.29, 0.717) is 5.92 Å². The highest BCUT2D eigenvalue weighted by Crippen LogP contribution is 2.30. The van der Waals surface area contributed by atoms with E-state index in [1.807, 2.05) is 18.2 Å². The van der Waals surface area contributed by atoms with Gasteiger partial charge in [0.15, 0.2) is 0 Å². The van der Waals surface area contributed by atoms with Crippen molar-refractivity contribution in [2.45, 2.75) is 18.8 Å². The molecule has 0 bridgehead atoms. The summed E-state index contributed by atoms with van der Waals surface area (Å²) >= 11 is 5.99. The Bertz CT molecular complexity index is 336. The van der Waals surface area contributed by atoms with Gasteiger partial charge in [-0.2, -0.15) is 0 Å². The second-order valence-corrected chi connectivity index (χ2v) is 4.89. The highest BCUT2D eigenvalue weighted by atomic mass is 35.5. The molecule has 2 rings (SSSR count). The van der Waals surface area contributed by atoms with E-state index in [1.165, 1.54) is 12.8 Å². The van der Waals surface area contributed by atoms with Gasteiger partial charge in [-0.15, -0.1) is 0 Å². The Hall–Kier alpha value is -0.570. The van der Waals surface area contributed by atoms with E-state index >= 15 is 0 Å². The molecule has 2 N–H and O–H groups in total. The van der Waals surface area contributed by atoms with Crippen molar-refractivity contribution in [3.63, 3.8) is 0 Å². The summed E-state index contributed by atoms with van der Waals surface area (Å²) < 4.78 is 0. The van der Waals surface area contributed by atoms with Crippen molar-refractivity contribution < 1.29 is 5.11 Å². The van der Waals surface area contributed by atoms with Crippen LogP contribution >= 0.6 is 11.6 Å². The Labute approximate surface area is 102 Å². The Morgan fingerprint density at radius 1 is 1.50 bits per heavy atom. The van der Waals surface area contributed by atoms with E-state index in [-0.39, 0.29) is 12.5 Å². The quantitative estimate of drug-likeness (QED) is 0.849. The number of benzene rings is 1. The molecule has 1 aliphatic heterocycles. The van der Waals surface area contributed by atoms with Gasteiger partial charge in [0.05, 0.1) is 6.61 Å². The van der Waals surface area contributed by atoms with Crippen LogP contribution < -0.4 is 5.32 Å². The minimum absolute atomic E-state index is 0.201. The molecule has 1 heterocycles. The van der Waals surface area contributed by atoms with Crippen molar-refractivity contribution in [2.24, 2.45) is 5.92 Å². The highest BCUT2D eigenvalue weighted by Gasteiger charge is 2.24. The third-order valence-corrected chi connectivity index (χ3v) is 3.61. The average Bonchev–Trinajstić information content (AvgIpc) is 2.31. The molecular formula is C13H18ClNO. The normalized spacial score (nSPS) is 23.0. The fraction of sp³-hybridized carbons (Fsp3) is 0.538. The lowest BCUT2D eigenvalue weighted by Gasteiger charge is -2.30. The maximum atomic E-state index is 9.55. The predicted octanol–water partition coefficient (Wildman–Crippen LogP) is 2.42. The molecule has 0 saturated carbocycles. The van der Waals surface area contributed by atoms with Gasteiger partial charge in [-0.3, -0.25) is 0 Å². The van der Waals surface area contributed by atoms with Crippen LogP contribution in [-0.2, 0) is 0 Å². The number of hydrogen-bond donors (Lipinski definition) is 2. The molecule has 3 heteroatoms. The summed E-state index contributed by atoms with van der Waals surface area (Å²) in [5.41, 5.74) is 1.16. The van der Waals surface area contributed by atoms with Crippen molar-refractivity contribution >= 4 is 11.6 Å². The fourth-order valence-corrected chi connectivity index (χ4v) is 2.68. The van der Waals surface area contributed by atoms with Crippen LogP contribution in [0, 0.1) is 5.92 Å². The van der Waals surface area contributed by atoms with Crippen LogP contribution in [0.4, 0.5) is 0 Å². The zero-order valence-electron chi connectivity index (χ0n) is 9.32. The first-order valence-electron chi connectivity index (χ1n) is 5.88. The molecule has 16 heavy (non-hydrogen) atoms. The second kappa shape index (κ2) is 5.67. The molecule has 2 nitrogen and oxygen atoms in total. The maximum absolute atomic E-state index is 9.55. The van der Waals surface area contributed by atoms with Gasteiger partial charge in [0.2, 0.25) is 0 Å². The number of rotatable bonds is 3. The Kier molecular flexibility index (Phi) is 4.22. The van der Waals surface area contributed by atoms with Gasteiger partial charge in [-0.25, -0.2) is 0 Å². The fourth-order valence-electron chi connectivity index (χ4n) is 2.49. The van der Waals surface area contributed by atoms with E-state index < -0.39 is 0 Å². The third kappa shape index (κ3) is 2.76. The van der Waals surface area contributed by atoms with E-state index in [9.17, 15) is 5.11 Å². The van der Waals surface area contributed by atoms with Gasteiger partial charge in [0.25, 0.3) is 0 Å². The second-order valence-electron chi connectivity index (χ2n) is 4.45. The van der Waals surface area contributed by atoms with Gasteiger partial charge in [0.1, 0.15) is 0 Å². The summed E-state index contributed by atoms with van der Waals surface area (Å²) in [6, 6.07) is 7.85. The molecule has 0 amide bonds. The van der Waals surface area contributed by atoms with Gasteiger partial charge in [-0.05, 0) is 49.5 Å². The van der Waals surface area contributed by atoms with Gasteiger partial charge in [-0.1, -0.05) is 23.7 Å². The Morgan fingerprint density at radius 2 is 2.38 bits per heavy atom. The van der Waals surface area contributed by atoms with Crippen molar-refractivity contribution in [1.29, 1.82) is 0 Å². The lowest BCUT2D eigenvalue weighted by atomic mass is 9.82. The van der Waals surface area contributed by atoms with E-state index in [1.54, 1.807) is 0 Å². The average molecular weight is 240 g/mol. The van der Waals surface area contributed by atoms with Crippen LogP contribution in [0.15, 0.2) is 24.3 Å². The number of piperidine rings is 1. The molecular weight excluding hydrogens is 222 g/mol. The standard InChI is InChI=1S/C13H18ClNO/c14-12-5-1-3-10(7-12)13(9-16)11-4-2-6-15-8-11/h1,3,5,7,11,13,15-16H,2,4,6,8-9H2/t11-,13-/m0/s1. The monoisotopic (exact) mass is 239 g/mol. The molecule has 0 unspecified atom stereocenters. The Balaban J connectivity index is 2.14.